The predicted octanol–water partition coefficient (Wildman–Crippen LogP) is 4.29. The van der Waals surface area contributed by atoms with E-state index in [-0.39, 0.29) is 11.9 Å². The average molecular weight is 292 g/mol. The Balaban J connectivity index is 1.61. The quantitative estimate of drug-likeness (QED) is 0.701. The largest absolute Gasteiger partial charge is 0.461 e. The smallest absolute Gasteiger partial charge is 0.309 e. The average Bonchev–Trinajstić information content (AvgIpc) is 2.99. The van der Waals surface area contributed by atoms with Crippen LogP contribution in [0.25, 0.3) is 0 Å². The molecule has 1 unspecified atom stereocenters. The van der Waals surface area contributed by atoms with Crippen molar-refractivity contribution in [1.82, 2.24) is 0 Å². The summed E-state index contributed by atoms with van der Waals surface area (Å²) in [4.78, 5) is 11.9. The van der Waals surface area contributed by atoms with Gasteiger partial charge in [-0.3, -0.25) is 4.79 Å². The number of hydrogen-bond acceptors (Lipinski definition) is 3. The SMILES string of the molecule is CC(CSCC1CCCC1)C(=O)OCc1ccccc1. The van der Waals surface area contributed by atoms with Crippen molar-refractivity contribution in [2.45, 2.75) is 39.2 Å². The molecular formula is C17H24O2S. The highest BCUT2D eigenvalue weighted by molar-refractivity contribution is 7.99. The lowest BCUT2D eigenvalue weighted by atomic mass is 10.1. The highest BCUT2D eigenvalue weighted by atomic mass is 32.2. The molecule has 0 N–H and O–H groups in total. The van der Waals surface area contributed by atoms with Crippen molar-refractivity contribution in [3.05, 3.63) is 35.9 Å². The van der Waals surface area contributed by atoms with E-state index >= 15 is 0 Å². The molecule has 1 saturated carbocycles. The maximum absolute atomic E-state index is 11.9. The Labute approximate surface area is 126 Å². The van der Waals surface area contributed by atoms with Crippen LogP contribution >= 0.6 is 11.8 Å². The van der Waals surface area contributed by atoms with Gasteiger partial charge in [-0.05, 0) is 30.1 Å². The van der Waals surface area contributed by atoms with Crippen LogP contribution in [0.4, 0.5) is 0 Å². The molecule has 2 rings (SSSR count). The van der Waals surface area contributed by atoms with Gasteiger partial charge in [0.2, 0.25) is 0 Å². The number of ether oxygens (including phenoxy) is 1. The fraction of sp³-hybridized carbons (Fsp3) is 0.588. The molecule has 0 bridgehead atoms. The maximum Gasteiger partial charge on any atom is 0.309 e. The second-order valence-electron chi connectivity index (χ2n) is 5.68. The monoisotopic (exact) mass is 292 g/mol. The summed E-state index contributed by atoms with van der Waals surface area (Å²) < 4.78 is 5.36. The summed E-state index contributed by atoms with van der Waals surface area (Å²) in [7, 11) is 0. The van der Waals surface area contributed by atoms with Gasteiger partial charge in [0.15, 0.2) is 0 Å². The second kappa shape index (κ2) is 8.35. The Bertz CT molecular complexity index is 399. The van der Waals surface area contributed by atoms with Crippen LogP contribution in [0.5, 0.6) is 0 Å². The van der Waals surface area contributed by atoms with Crippen molar-refractivity contribution >= 4 is 17.7 Å². The summed E-state index contributed by atoms with van der Waals surface area (Å²) in [6, 6.07) is 9.85. The Kier molecular flexibility index (Phi) is 6.44. The van der Waals surface area contributed by atoms with Crippen molar-refractivity contribution in [3.8, 4) is 0 Å². The van der Waals surface area contributed by atoms with Crippen LogP contribution in [0.2, 0.25) is 0 Å². The van der Waals surface area contributed by atoms with Gasteiger partial charge in [0.25, 0.3) is 0 Å². The van der Waals surface area contributed by atoms with Crippen LogP contribution in [0, 0.1) is 11.8 Å². The highest BCUT2D eigenvalue weighted by Crippen LogP contribution is 2.28. The summed E-state index contributed by atoms with van der Waals surface area (Å²) >= 11 is 1.91. The molecule has 0 amide bonds. The van der Waals surface area contributed by atoms with Crippen molar-refractivity contribution in [1.29, 1.82) is 0 Å². The molecule has 1 aliphatic rings. The molecule has 0 heterocycles. The number of hydrogen-bond donors (Lipinski definition) is 0. The third-order valence-corrected chi connectivity index (χ3v) is 5.27. The molecule has 1 aromatic carbocycles. The third-order valence-electron chi connectivity index (χ3n) is 3.82. The van der Waals surface area contributed by atoms with Gasteiger partial charge < -0.3 is 4.74 Å². The van der Waals surface area contributed by atoms with Crippen LogP contribution in [0.15, 0.2) is 30.3 Å². The first-order valence-corrected chi connectivity index (χ1v) is 8.69. The molecule has 1 aliphatic carbocycles. The first kappa shape index (κ1) is 15.4. The van der Waals surface area contributed by atoms with E-state index in [2.05, 4.69) is 0 Å². The molecule has 3 heteroatoms. The van der Waals surface area contributed by atoms with E-state index < -0.39 is 0 Å². The van der Waals surface area contributed by atoms with Crippen LogP contribution in [-0.4, -0.2) is 17.5 Å². The van der Waals surface area contributed by atoms with Gasteiger partial charge in [0.05, 0.1) is 5.92 Å². The molecule has 110 valence electrons. The molecule has 0 spiro atoms. The van der Waals surface area contributed by atoms with E-state index in [9.17, 15) is 4.79 Å². The molecule has 0 saturated heterocycles. The number of esters is 1. The number of benzene rings is 1. The number of carbonyl (C=O) groups is 1. The van der Waals surface area contributed by atoms with Crippen molar-refractivity contribution in [3.63, 3.8) is 0 Å². The summed E-state index contributed by atoms with van der Waals surface area (Å²) in [5.41, 5.74) is 1.05. The van der Waals surface area contributed by atoms with Crippen LogP contribution < -0.4 is 0 Å². The lowest BCUT2D eigenvalue weighted by Crippen LogP contribution is -2.17. The van der Waals surface area contributed by atoms with Gasteiger partial charge in [-0.2, -0.15) is 11.8 Å². The Morgan fingerprint density at radius 3 is 2.70 bits per heavy atom. The van der Waals surface area contributed by atoms with Crippen LogP contribution in [0.3, 0.4) is 0 Å². The fourth-order valence-corrected chi connectivity index (χ4v) is 3.82. The second-order valence-corrected chi connectivity index (χ2v) is 6.76. The molecular weight excluding hydrogens is 268 g/mol. The lowest BCUT2D eigenvalue weighted by molar-refractivity contribution is -0.148. The minimum atomic E-state index is -0.0761. The topological polar surface area (TPSA) is 26.3 Å². The first-order valence-electron chi connectivity index (χ1n) is 7.54. The molecule has 0 aliphatic heterocycles. The standard InChI is InChI=1S/C17H24O2S/c1-14(12-20-13-16-9-5-6-10-16)17(18)19-11-15-7-3-2-4-8-15/h2-4,7-8,14,16H,5-6,9-13H2,1H3. The van der Waals surface area contributed by atoms with Gasteiger partial charge in [-0.25, -0.2) is 0 Å². The van der Waals surface area contributed by atoms with E-state index in [0.717, 1.165) is 17.2 Å². The van der Waals surface area contributed by atoms with Crippen LogP contribution in [0.1, 0.15) is 38.2 Å². The minimum Gasteiger partial charge on any atom is -0.461 e. The summed E-state index contributed by atoms with van der Waals surface area (Å²) in [5.74, 6) is 2.88. The summed E-state index contributed by atoms with van der Waals surface area (Å²) in [6.07, 6.45) is 5.53. The predicted molar refractivity (Wildman–Crippen MR) is 84.7 cm³/mol. The van der Waals surface area contributed by atoms with Gasteiger partial charge in [0.1, 0.15) is 6.61 Å². The molecule has 1 aromatic rings. The Morgan fingerprint density at radius 2 is 2.00 bits per heavy atom. The lowest BCUT2D eigenvalue weighted by Gasteiger charge is -2.13. The van der Waals surface area contributed by atoms with Crippen molar-refractivity contribution in [2.24, 2.45) is 11.8 Å². The van der Waals surface area contributed by atoms with Crippen LogP contribution in [-0.2, 0) is 16.1 Å². The molecule has 0 radical (unpaired) electrons. The summed E-state index contributed by atoms with van der Waals surface area (Å²) in [6.45, 7) is 2.35. The van der Waals surface area contributed by atoms with Gasteiger partial charge in [-0.1, -0.05) is 50.1 Å². The fourth-order valence-electron chi connectivity index (χ4n) is 2.53. The Morgan fingerprint density at radius 1 is 1.30 bits per heavy atom. The van der Waals surface area contributed by atoms with E-state index in [1.807, 2.05) is 49.0 Å². The number of rotatable bonds is 7. The maximum atomic E-state index is 11.9. The molecule has 2 nitrogen and oxygen atoms in total. The van der Waals surface area contributed by atoms with Gasteiger partial charge >= 0.3 is 5.97 Å². The minimum absolute atomic E-state index is 0.00915. The van der Waals surface area contributed by atoms with E-state index in [1.54, 1.807) is 0 Å². The highest BCUT2D eigenvalue weighted by Gasteiger charge is 2.18. The normalized spacial score (nSPS) is 17.1. The van der Waals surface area contributed by atoms with Gasteiger partial charge in [-0.15, -0.1) is 0 Å². The van der Waals surface area contributed by atoms with E-state index in [4.69, 9.17) is 4.74 Å². The van der Waals surface area contributed by atoms with E-state index in [1.165, 1.54) is 31.4 Å². The third kappa shape index (κ3) is 5.20. The van der Waals surface area contributed by atoms with Crippen molar-refractivity contribution < 1.29 is 9.53 Å². The zero-order valence-electron chi connectivity index (χ0n) is 12.2. The summed E-state index contributed by atoms with van der Waals surface area (Å²) in [5, 5.41) is 0. The zero-order chi connectivity index (χ0) is 14.2. The Hall–Kier alpha value is -0.960. The first-order chi connectivity index (χ1) is 9.75. The van der Waals surface area contributed by atoms with Gasteiger partial charge in [0, 0.05) is 5.75 Å². The molecule has 0 aromatic heterocycles. The van der Waals surface area contributed by atoms with Crippen molar-refractivity contribution in [2.75, 3.05) is 11.5 Å². The zero-order valence-corrected chi connectivity index (χ0v) is 13.0. The number of carbonyl (C=O) groups excluding carboxylic acids is 1. The molecule has 20 heavy (non-hydrogen) atoms. The number of thioether (sulfide) groups is 1. The van der Waals surface area contributed by atoms with E-state index in [0.29, 0.717) is 6.61 Å². The molecule has 1 atom stereocenters. The molecule has 1 fully saturated rings.